The van der Waals surface area contributed by atoms with Crippen LogP contribution in [-0.4, -0.2) is 0 Å². The van der Waals surface area contributed by atoms with Crippen LogP contribution in [0.4, 0.5) is 5.69 Å². The molecule has 0 fully saturated rings. The minimum Gasteiger partial charge on any atom is -0.398 e. The second-order valence-electron chi connectivity index (χ2n) is 4.51. The largest absolute Gasteiger partial charge is 0.398 e. The molecule has 2 heteroatoms. The van der Waals surface area contributed by atoms with Crippen molar-refractivity contribution >= 4 is 17.3 Å². The molecule has 0 aliphatic rings. The van der Waals surface area contributed by atoms with Crippen LogP contribution in [0.3, 0.4) is 0 Å². The van der Waals surface area contributed by atoms with Crippen LogP contribution >= 0.6 is 11.6 Å². The van der Waals surface area contributed by atoms with Crippen LogP contribution in [0.2, 0.25) is 5.02 Å². The summed E-state index contributed by atoms with van der Waals surface area (Å²) in [4.78, 5) is 0. The standard InChI is InChI=1S/C15H16ClN/c1-10(2)11-3-5-12(6-4-11)14-9-13(16)7-8-15(14)17/h3-10H,17H2,1-2H3. The van der Waals surface area contributed by atoms with Crippen LogP contribution in [0.15, 0.2) is 42.5 Å². The molecule has 0 aliphatic heterocycles. The first kappa shape index (κ1) is 12.0. The van der Waals surface area contributed by atoms with E-state index in [9.17, 15) is 0 Å². The molecular weight excluding hydrogens is 230 g/mol. The summed E-state index contributed by atoms with van der Waals surface area (Å²) in [7, 11) is 0. The van der Waals surface area contributed by atoms with Gasteiger partial charge in [0.15, 0.2) is 0 Å². The monoisotopic (exact) mass is 245 g/mol. The Morgan fingerprint density at radius 1 is 1.00 bits per heavy atom. The van der Waals surface area contributed by atoms with Crippen molar-refractivity contribution in [3.8, 4) is 11.1 Å². The molecule has 0 heterocycles. The van der Waals surface area contributed by atoms with Crippen molar-refractivity contribution in [2.75, 3.05) is 5.73 Å². The second-order valence-corrected chi connectivity index (χ2v) is 4.94. The van der Waals surface area contributed by atoms with E-state index >= 15 is 0 Å². The first-order valence-electron chi connectivity index (χ1n) is 5.73. The first-order chi connectivity index (χ1) is 8.08. The molecule has 0 saturated heterocycles. The van der Waals surface area contributed by atoms with E-state index in [1.54, 1.807) is 0 Å². The molecule has 2 aromatic rings. The Kier molecular flexibility index (Phi) is 3.39. The van der Waals surface area contributed by atoms with Crippen LogP contribution < -0.4 is 5.73 Å². The Morgan fingerprint density at radius 3 is 2.24 bits per heavy atom. The van der Waals surface area contributed by atoms with E-state index < -0.39 is 0 Å². The molecule has 2 N–H and O–H groups in total. The van der Waals surface area contributed by atoms with E-state index in [-0.39, 0.29) is 0 Å². The number of rotatable bonds is 2. The van der Waals surface area contributed by atoms with Gasteiger partial charge in [0.2, 0.25) is 0 Å². The summed E-state index contributed by atoms with van der Waals surface area (Å²) in [5.41, 5.74) is 10.1. The SMILES string of the molecule is CC(C)c1ccc(-c2cc(Cl)ccc2N)cc1. The topological polar surface area (TPSA) is 26.0 Å². The van der Waals surface area contributed by atoms with Crippen molar-refractivity contribution in [3.63, 3.8) is 0 Å². The van der Waals surface area contributed by atoms with Gasteiger partial charge in [-0.2, -0.15) is 0 Å². The zero-order chi connectivity index (χ0) is 12.4. The van der Waals surface area contributed by atoms with Gasteiger partial charge in [-0.3, -0.25) is 0 Å². The molecule has 0 saturated carbocycles. The zero-order valence-electron chi connectivity index (χ0n) is 10.1. The number of hydrogen-bond acceptors (Lipinski definition) is 1. The number of hydrogen-bond donors (Lipinski definition) is 1. The maximum Gasteiger partial charge on any atom is 0.0413 e. The average Bonchev–Trinajstić information content (AvgIpc) is 2.32. The molecule has 2 aromatic carbocycles. The van der Waals surface area contributed by atoms with Gasteiger partial charge in [-0.05, 0) is 35.2 Å². The molecule has 0 bridgehead atoms. The van der Waals surface area contributed by atoms with E-state index in [4.69, 9.17) is 17.3 Å². The summed E-state index contributed by atoms with van der Waals surface area (Å²) in [6.07, 6.45) is 0. The minimum atomic E-state index is 0.542. The van der Waals surface area contributed by atoms with Gasteiger partial charge in [0.1, 0.15) is 0 Å². The predicted molar refractivity (Wildman–Crippen MR) is 75.4 cm³/mol. The fourth-order valence-electron chi connectivity index (χ4n) is 1.83. The molecule has 88 valence electrons. The number of nitrogens with two attached hydrogens (primary N) is 1. The van der Waals surface area contributed by atoms with Crippen molar-refractivity contribution in [2.45, 2.75) is 19.8 Å². The Labute approximate surface area is 107 Å². The fourth-order valence-corrected chi connectivity index (χ4v) is 2.00. The summed E-state index contributed by atoms with van der Waals surface area (Å²) >= 11 is 5.99. The van der Waals surface area contributed by atoms with Crippen LogP contribution in [0.25, 0.3) is 11.1 Å². The highest BCUT2D eigenvalue weighted by Crippen LogP contribution is 2.29. The molecule has 0 amide bonds. The van der Waals surface area contributed by atoms with E-state index in [0.29, 0.717) is 10.9 Å². The summed E-state index contributed by atoms with van der Waals surface area (Å²) in [5.74, 6) is 0.542. The molecule has 0 aromatic heterocycles. The van der Waals surface area contributed by atoms with Gasteiger partial charge in [0, 0.05) is 16.3 Å². The van der Waals surface area contributed by atoms with Crippen LogP contribution in [0.5, 0.6) is 0 Å². The lowest BCUT2D eigenvalue weighted by atomic mass is 9.98. The van der Waals surface area contributed by atoms with Crippen LogP contribution in [-0.2, 0) is 0 Å². The third-order valence-corrected chi connectivity index (χ3v) is 3.14. The maximum absolute atomic E-state index is 5.99. The Bertz CT molecular complexity index is 515. The van der Waals surface area contributed by atoms with E-state index in [2.05, 4.69) is 38.1 Å². The summed E-state index contributed by atoms with van der Waals surface area (Å²) < 4.78 is 0. The molecule has 0 atom stereocenters. The van der Waals surface area contributed by atoms with Crippen molar-refractivity contribution in [1.82, 2.24) is 0 Å². The quantitative estimate of drug-likeness (QED) is 0.762. The summed E-state index contributed by atoms with van der Waals surface area (Å²) in [6, 6.07) is 14.0. The smallest absolute Gasteiger partial charge is 0.0413 e. The van der Waals surface area contributed by atoms with Gasteiger partial charge in [0.25, 0.3) is 0 Å². The lowest BCUT2D eigenvalue weighted by Gasteiger charge is -2.09. The Hall–Kier alpha value is -1.47. The van der Waals surface area contributed by atoms with Gasteiger partial charge in [-0.1, -0.05) is 49.7 Å². The van der Waals surface area contributed by atoms with E-state index in [1.807, 2.05) is 18.2 Å². The Balaban J connectivity index is 2.43. The minimum absolute atomic E-state index is 0.542. The molecule has 17 heavy (non-hydrogen) atoms. The number of benzene rings is 2. The molecule has 0 spiro atoms. The normalized spacial score (nSPS) is 10.8. The second kappa shape index (κ2) is 4.80. The summed E-state index contributed by atoms with van der Waals surface area (Å²) in [6.45, 7) is 4.37. The van der Waals surface area contributed by atoms with Crippen molar-refractivity contribution in [3.05, 3.63) is 53.1 Å². The van der Waals surface area contributed by atoms with Gasteiger partial charge in [-0.25, -0.2) is 0 Å². The van der Waals surface area contributed by atoms with Crippen molar-refractivity contribution < 1.29 is 0 Å². The van der Waals surface area contributed by atoms with Crippen molar-refractivity contribution in [2.24, 2.45) is 0 Å². The van der Waals surface area contributed by atoms with Gasteiger partial charge < -0.3 is 5.73 Å². The highest BCUT2D eigenvalue weighted by Gasteiger charge is 2.04. The molecule has 2 rings (SSSR count). The third-order valence-electron chi connectivity index (χ3n) is 2.90. The van der Waals surface area contributed by atoms with Gasteiger partial charge >= 0.3 is 0 Å². The predicted octanol–water partition coefficient (Wildman–Crippen LogP) is 4.71. The third kappa shape index (κ3) is 2.62. The molecule has 0 unspecified atom stereocenters. The number of anilines is 1. The lowest BCUT2D eigenvalue weighted by molar-refractivity contribution is 0.867. The molecular formula is C15H16ClN. The lowest BCUT2D eigenvalue weighted by Crippen LogP contribution is -1.91. The molecule has 1 nitrogen and oxygen atoms in total. The highest BCUT2D eigenvalue weighted by molar-refractivity contribution is 6.31. The van der Waals surface area contributed by atoms with Crippen molar-refractivity contribution in [1.29, 1.82) is 0 Å². The summed E-state index contributed by atoms with van der Waals surface area (Å²) in [5, 5.41) is 0.710. The molecule has 0 aliphatic carbocycles. The van der Waals surface area contributed by atoms with E-state index in [0.717, 1.165) is 16.8 Å². The van der Waals surface area contributed by atoms with E-state index in [1.165, 1.54) is 5.56 Å². The zero-order valence-corrected chi connectivity index (χ0v) is 10.8. The number of nitrogen functional groups attached to an aromatic ring is 1. The highest BCUT2D eigenvalue weighted by atomic mass is 35.5. The van der Waals surface area contributed by atoms with Gasteiger partial charge in [-0.15, -0.1) is 0 Å². The number of halogens is 1. The van der Waals surface area contributed by atoms with Gasteiger partial charge in [0.05, 0.1) is 0 Å². The van der Waals surface area contributed by atoms with Crippen LogP contribution in [0, 0.1) is 0 Å². The molecule has 0 radical (unpaired) electrons. The Morgan fingerprint density at radius 2 is 1.65 bits per heavy atom. The maximum atomic E-state index is 5.99. The fraction of sp³-hybridized carbons (Fsp3) is 0.200. The average molecular weight is 246 g/mol. The first-order valence-corrected chi connectivity index (χ1v) is 6.11. The van der Waals surface area contributed by atoms with Crippen LogP contribution in [0.1, 0.15) is 25.3 Å².